The van der Waals surface area contributed by atoms with Gasteiger partial charge in [0.05, 0.1) is 15.9 Å². The molecule has 1 N–H and O–H groups in total. The van der Waals surface area contributed by atoms with E-state index in [0.717, 1.165) is 23.0 Å². The summed E-state index contributed by atoms with van der Waals surface area (Å²) in [5, 5.41) is 0. The number of benzene rings is 2. The minimum Gasteiger partial charge on any atom is -0.306 e. The van der Waals surface area contributed by atoms with E-state index in [1.54, 1.807) is 21.0 Å². The SMILES string of the molecule is CCC(C)c1ccc(S(=O)(=O)N2CCC(n3c(=O)[nH]c4ccccc43)CC2)cc1. The van der Waals surface area contributed by atoms with E-state index >= 15 is 0 Å². The smallest absolute Gasteiger partial charge is 0.306 e. The molecule has 2 aromatic carbocycles. The zero-order chi connectivity index (χ0) is 20.6. The molecular weight excluding hydrogens is 386 g/mol. The van der Waals surface area contributed by atoms with E-state index in [1.165, 1.54) is 0 Å². The zero-order valence-electron chi connectivity index (χ0n) is 16.8. The summed E-state index contributed by atoms with van der Waals surface area (Å²) in [4.78, 5) is 15.7. The van der Waals surface area contributed by atoms with Crippen molar-refractivity contribution in [1.82, 2.24) is 13.9 Å². The van der Waals surface area contributed by atoms with E-state index in [9.17, 15) is 13.2 Å². The summed E-state index contributed by atoms with van der Waals surface area (Å²) < 4.78 is 29.4. The second kappa shape index (κ2) is 7.80. The number of aromatic nitrogens is 2. The van der Waals surface area contributed by atoms with E-state index in [1.807, 2.05) is 36.4 Å². The molecule has 7 heteroatoms. The van der Waals surface area contributed by atoms with Crippen molar-refractivity contribution in [3.05, 3.63) is 64.6 Å². The molecule has 0 bridgehead atoms. The van der Waals surface area contributed by atoms with Crippen molar-refractivity contribution in [2.24, 2.45) is 0 Å². The number of imidazole rings is 1. The van der Waals surface area contributed by atoms with Crippen LogP contribution >= 0.6 is 0 Å². The Morgan fingerprint density at radius 1 is 1.07 bits per heavy atom. The van der Waals surface area contributed by atoms with Crippen LogP contribution in [0.4, 0.5) is 0 Å². The van der Waals surface area contributed by atoms with E-state index < -0.39 is 10.0 Å². The number of H-pyrrole nitrogens is 1. The van der Waals surface area contributed by atoms with Crippen molar-refractivity contribution < 1.29 is 8.42 Å². The molecule has 4 rings (SSSR count). The molecule has 0 radical (unpaired) electrons. The van der Waals surface area contributed by atoms with E-state index in [4.69, 9.17) is 0 Å². The summed E-state index contributed by atoms with van der Waals surface area (Å²) in [5.74, 6) is 0.414. The highest BCUT2D eigenvalue weighted by molar-refractivity contribution is 7.89. The summed E-state index contributed by atoms with van der Waals surface area (Å²) >= 11 is 0. The first-order valence-corrected chi connectivity index (χ1v) is 11.6. The highest BCUT2D eigenvalue weighted by Gasteiger charge is 2.31. The quantitative estimate of drug-likeness (QED) is 0.690. The van der Waals surface area contributed by atoms with Gasteiger partial charge in [-0.15, -0.1) is 0 Å². The van der Waals surface area contributed by atoms with Gasteiger partial charge in [-0.3, -0.25) is 4.57 Å². The molecule has 0 amide bonds. The number of nitrogens with zero attached hydrogens (tertiary/aromatic N) is 2. The molecule has 0 saturated carbocycles. The Kier molecular flexibility index (Phi) is 5.36. The van der Waals surface area contributed by atoms with Crippen LogP contribution in [0.25, 0.3) is 11.0 Å². The summed E-state index contributed by atoms with van der Waals surface area (Å²) in [7, 11) is -3.52. The van der Waals surface area contributed by atoms with Gasteiger partial charge < -0.3 is 4.98 Å². The summed E-state index contributed by atoms with van der Waals surface area (Å²) in [6, 6.07) is 14.9. The first-order valence-electron chi connectivity index (χ1n) is 10.2. The monoisotopic (exact) mass is 413 g/mol. The number of rotatable bonds is 5. The fourth-order valence-corrected chi connectivity index (χ4v) is 5.60. The van der Waals surface area contributed by atoms with Crippen molar-refractivity contribution in [3.8, 4) is 0 Å². The second-order valence-electron chi connectivity index (χ2n) is 7.83. The van der Waals surface area contributed by atoms with Crippen molar-refractivity contribution in [1.29, 1.82) is 0 Å². The molecule has 1 aliphatic heterocycles. The van der Waals surface area contributed by atoms with Crippen LogP contribution in [-0.4, -0.2) is 35.4 Å². The standard InChI is InChI=1S/C22H27N3O3S/c1-3-16(2)17-8-10-19(11-9-17)29(27,28)24-14-12-18(13-15-24)25-21-7-5-4-6-20(21)23-22(25)26/h4-11,16,18H,3,12-15H2,1-2H3,(H,23,26). The van der Waals surface area contributed by atoms with Gasteiger partial charge in [0.1, 0.15) is 0 Å². The maximum atomic E-state index is 13.1. The Morgan fingerprint density at radius 3 is 2.38 bits per heavy atom. The maximum absolute atomic E-state index is 13.1. The van der Waals surface area contributed by atoms with E-state index in [0.29, 0.717) is 36.7 Å². The molecule has 2 heterocycles. The first-order chi connectivity index (χ1) is 13.9. The molecule has 154 valence electrons. The predicted molar refractivity (Wildman–Crippen MR) is 115 cm³/mol. The third-order valence-corrected chi connectivity index (χ3v) is 8.02. The van der Waals surface area contributed by atoms with Crippen LogP contribution in [0.15, 0.2) is 58.2 Å². The molecule has 1 aromatic heterocycles. The van der Waals surface area contributed by atoms with Gasteiger partial charge >= 0.3 is 5.69 Å². The zero-order valence-corrected chi connectivity index (χ0v) is 17.7. The molecule has 29 heavy (non-hydrogen) atoms. The normalized spacial score (nSPS) is 17.6. The number of piperidine rings is 1. The van der Waals surface area contributed by atoms with Crippen LogP contribution in [-0.2, 0) is 10.0 Å². The summed E-state index contributed by atoms with van der Waals surface area (Å²) in [6.45, 7) is 5.08. The Labute approximate surface area is 171 Å². The molecular formula is C22H27N3O3S. The average Bonchev–Trinajstić information content (AvgIpc) is 3.09. The van der Waals surface area contributed by atoms with Gasteiger partial charge in [0, 0.05) is 19.1 Å². The van der Waals surface area contributed by atoms with Crippen molar-refractivity contribution in [2.45, 2.75) is 50.0 Å². The number of hydrogen-bond donors (Lipinski definition) is 1. The maximum Gasteiger partial charge on any atom is 0.326 e. The predicted octanol–water partition coefficient (Wildman–Crippen LogP) is 3.87. The van der Waals surface area contributed by atoms with Crippen molar-refractivity contribution >= 4 is 21.1 Å². The third-order valence-electron chi connectivity index (χ3n) is 6.11. The van der Waals surface area contributed by atoms with E-state index in [2.05, 4.69) is 18.8 Å². The van der Waals surface area contributed by atoms with Crippen LogP contribution in [0.2, 0.25) is 0 Å². The van der Waals surface area contributed by atoms with Gasteiger partial charge in [-0.1, -0.05) is 38.1 Å². The van der Waals surface area contributed by atoms with Gasteiger partial charge in [0.25, 0.3) is 0 Å². The Morgan fingerprint density at radius 2 is 1.72 bits per heavy atom. The lowest BCUT2D eigenvalue weighted by molar-refractivity contribution is 0.274. The Bertz CT molecular complexity index is 1150. The lowest BCUT2D eigenvalue weighted by Gasteiger charge is -2.31. The molecule has 3 aromatic rings. The fourth-order valence-electron chi connectivity index (χ4n) is 4.13. The van der Waals surface area contributed by atoms with Crippen LogP contribution in [0.1, 0.15) is 50.6 Å². The number of fused-ring (bicyclic) bond motifs is 1. The minimum atomic E-state index is -3.52. The molecule has 1 saturated heterocycles. The van der Waals surface area contributed by atoms with Crippen LogP contribution in [0.3, 0.4) is 0 Å². The number of sulfonamides is 1. The molecule has 0 aliphatic carbocycles. The largest absolute Gasteiger partial charge is 0.326 e. The van der Waals surface area contributed by atoms with Crippen molar-refractivity contribution in [2.75, 3.05) is 13.1 Å². The molecule has 1 unspecified atom stereocenters. The third kappa shape index (κ3) is 3.65. The molecule has 1 atom stereocenters. The molecule has 6 nitrogen and oxygen atoms in total. The highest BCUT2D eigenvalue weighted by Crippen LogP contribution is 2.29. The summed E-state index contributed by atoms with van der Waals surface area (Å²) in [6.07, 6.45) is 2.25. The van der Waals surface area contributed by atoms with E-state index in [-0.39, 0.29) is 11.7 Å². The lowest BCUT2D eigenvalue weighted by atomic mass is 9.99. The van der Waals surface area contributed by atoms with Gasteiger partial charge in [-0.2, -0.15) is 4.31 Å². The lowest BCUT2D eigenvalue weighted by Crippen LogP contribution is -2.40. The summed E-state index contributed by atoms with van der Waals surface area (Å²) in [5.41, 5.74) is 2.71. The highest BCUT2D eigenvalue weighted by atomic mass is 32.2. The average molecular weight is 414 g/mol. The second-order valence-corrected chi connectivity index (χ2v) is 9.77. The Hall–Kier alpha value is -2.38. The molecule has 0 spiro atoms. The topological polar surface area (TPSA) is 75.2 Å². The van der Waals surface area contributed by atoms with Crippen molar-refractivity contribution in [3.63, 3.8) is 0 Å². The number of para-hydroxylation sites is 2. The van der Waals surface area contributed by atoms with Gasteiger partial charge in [0.15, 0.2) is 0 Å². The van der Waals surface area contributed by atoms with Crippen LogP contribution in [0, 0.1) is 0 Å². The van der Waals surface area contributed by atoms with Crippen LogP contribution < -0.4 is 5.69 Å². The van der Waals surface area contributed by atoms with Gasteiger partial charge in [-0.05, 0) is 55.0 Å². The Balaban J connectivity index is 1.51. The number of nitrogens with one attached hydrogen (secondary N) is 1. The molecule has 1 fully saturated rings. The first kappa shape index (κ1) is 19.9. The van der Waals surface area contributed by atoms with Gasteiger partial charge in [-0.25, -0.2) is 13.2 Å². The fraction of sp³-hybridized carbons (Fsp3) is 0.409. The van der Waals surface area contributed by atoms with Crippen LogP contribution in [0.5, 0.6) is 0 Å². The number of hydrogen-bond acceptors (Lipinski definition) is 3. The van der Waals surface area contributed by atoms with Gasteiger partial charge in [0.2, 0.25) is 10.0 Å². The minimum absolute atomic E-state index is 0.00196. The number of aromatic amines is 1. The molecule has 1 aliphatic rings.